The summed E-state index contributed by atoms with van der Waals surface area (Å²) in [5.41, 5.74) is 0.937. The molecule has 3 N–H and O–H groups in total. The van der Waals surface area contributed by atoms with Crippen molar-refractivity contribution < 1.29 is 9.84 Å². The standard InChI is InChI=1S/C20H27N3O2S.HI/c1-4-11-25-18-9-7-6-8-16(18)13-22-19(21-5-2)23-15-20(3,24)17-10-12-26-14-17;/h4,6-10,12,14,24H,1,5,11,13,15H2,2-3H3,(H2,21,22,23);1H. The molecule has 0 fully saturated rings. The Labute approximate surface area is 182 Å². The van der Waals surface area contributed by atoms with Gasteiger partial charge >= 0.3 is 0 Å². The molecule has 7 heteroatoms. The lowest BCUT2D eigenvalue weighted by Crippen LogP contribution is -2.44. The van der Waals surface area contributed by atoms with Crippen LogP contribution in [0.1, 0.15) is 25.0 Å². The fourth-order valence-corrected chi connectivity index (χ4v) is 3.14. The Hall–Kier alpha value is -1.58. The second-order valence-corrected chi connectivity index (χ2v) is 6.82. The van der Waals surface area contributed by atoms with Crippen LogP contribution < -0.4 is 15.4 Å². The minimum absolute atomic E-state index is 0. The van der Waals surface area contributed by atoms with E-state index < -0.39 is 5.60 Å². The molecule has 0 bridgehead atoms. The van der Waals surface area contributed by atoms with Gasteiger partial charge in [0, 0.05) is 12.1 Å². The zero-order chi connectivity index (χ0) is 18.8. The van der Waals surface area contributed by atoms with E-state index in [-0.39, 0.29) is 24.0 Å². The maximum absolute atomic E-state index is 10.7. The predicted octanol–water partition coefficient (Wildman–Crippen LogP) is 3.89. The van der Waals surface area contributed by atoms with E-state index in [0.717, 1.165) is 23.4 Å². The number of benzene rings is 1. The van der Waals surface area contributed by atoms with Crippen molar-refractivity contribution in [2.45, 2.75) is 26.0 Å². The average molecular weight is 501 g/mol. The molecule has 5 nitrogen and oxygen atoms in total. The van der Waals surface area contributed by atoms with Crippen molar-refractivity contribution >= 4 is 41.3 Å². The van der Waals surface area contributed by atoms with Gasteiger partial charge in [0.05, 0.1) is 13.1 Å². The zero-order valence-electron chi connectivity index (χ0n) is 15.8. The average Bonchev–Trinajstić information content (AvgIpc) is 3.19. The molecule has 0 spiro atoms. The van der Waals surface area contributed by atoms with Crippen LogP contribution in [0.3, 0.4) is 0 Å². The second kappa shape index (κ2) is 12.0. The number of nitrogens with zero attached hydrogens (tertiary/aromatic N) is 1. The maximum Gasteiger partial charge on any atom is 0.191 e. The Balaban J connectivity index is 0.00000364. The maximum atomic E-state index is 10.7. The lowest BCUT2D eigenvalue weighted by molar-refractivity contribution is 0.0621. The Morgan fingerprint density at radius 3 is 2.78 bits per heavy atom. The Morgan fingerprint density at radius 1 is 1.33 bits per heavy atom. The minimum Gasteiger partial charge on any atom is -0.489 e. The first-order chi connectivity index (χ1) is 12.6. The molecule has 1 heterocycles. The monoisotopic (exact) mass is 501 g/mol. The fraction of sp³-hybridized carbons (Fsp3) is 0.350. The SMILES string of the molecule is C=CCOc1ccccc1CN=C(NCC)NCC(C)(O)c1ccsc1.I. The Bertz CT molecular complexity index is 718. The molecule has 0 aliphatic heterocycles. The van der Waals surface area contributed by atoms with Crippen LogP contribution in [0.15, 0.2) is 58.7 Å². The molecule has 1 atom stereocenters. The number of nitrogens with one attached hydrogen (secondary N) is 2. The van der Waals surface area contributed by atoms with Gasteiger partial charge in [-0.1, -0.05) is 30.9 Å². The van der Waals surface area contributed by atoms with E-state index in [4.69, 9.17) is 4.74 Å². The van der Waals surface area contributed by atoms with Gasteiger partial charge in [-0.2, -0.15) is 11.3 Å². The summed E-state index contributed by atoms with van der Waals surface area (Å²) in [5, 5.41) is 21.0. The number of aliphatic imine (C=N–C) groups is 1. The summed E-state index contributed by atoms with van der Waals surface area (Å²) < 4.78 is 5.67. The number of halogens is 1. The number of para-hydroxylation sites is 1. The molecule has 0 amide bonds. The first-order valence-electron chi connectivity index (χ1n) is 8.65. The normalized spacial score (nSPS) is 13.2. The summed E-state index contributed by atoms with van der Waals surface area (Å²) in [4.78, 5) is 4.62. The third-order valence-corrected chi connectivity index (χ3v) is 4.51. The number of rotatable bonds is 9. The van der Waals surface area contributed by atoms with Gasteiger partial charge in [-0.15, -0.1) is 24.0 Å². The van der Waals surface area contributed by atoms with Gasteiger partial charge in [0.2, 0.25) is 0 Å². The summed E-state index contributed by atoms with van der Waals surface area (Å²) in [6.07, 6.45) is 1.72. The van der Waals surface area contributed by atoms with Gasteiger partial charge < -0.3 is 20.5 Å². The lowest BCUT2D eigenvalue weighted by Gasteiger charge is -2.24. The van der Waals surface area contributed by atoms with Crippen molar-refractivity contribution in [3.05, 3.63) is 64.9 Å². The summed E-state index contributed by atoms with van der Waals surface area (Å²) in [5.74, 6) is 1.46. The molecule has 148 valence electrons. The van der Waals surface area contributed by atoms with E-state index >= 15 is 0 Å². The van der Waals surface area contributed by atoms with Crippen molar-refractivity contribution in [3.63, 3.8) is 0 Å². The number of guanidine groups is 1. The highest BCUT2D eigenvalue weighted by Gasteiger charge is 2.23. The van der Waals surface area contributed by atoms with Gasteiger partial charge in [0.1, 0.15) is 18.0 Å². The summed E-state index contributed by atoms with van der Waals surface area (Å²) in [6.45, 7) is 9.52. The van der Waals surface area contributed by atoms with Crippen LogP contribution in [0, 0.1) is 0 Å². The van der Waals surface area contributed by atoms with Gasteiger partial charge in [-0.25, -0.2) is 4.99 Å². The lowest BCUT2D eigenvalue weighted by atomic mass is 9.99. The third kappa shape index (κ3) is 7.51. The topological polar surface area (TPSA) is 65.9 Å². The molecule has 1 unspecified atom stereocenters. The molecular formula is C20H28IN3O2S. The Kier molecular flexibility index (Phi) is 10.4. The molecule has 0 aliphatic carbocycles. The molecule has 0 saturated carbocycles. The molecule has 2 aromatic rings. The van der Waals surface area contributed by atoms with E-state index in [1.54, 1.807) is 24.3 Å². The third-order valence-electron chi connectivity index (χ3n) is 3.82. The van der Waals surface area contributed by atoms with Crippen LogP contribution in [0.4, 0.5) is 0 Å². The van der Waals surface area contributed by atoms with E-state index in [2.05, 4.69) is 22.2 Å². The van der Waals surface area contributed by atoms with Crippen LogP contribution in [-0.2, 0) is 12.1 Å². The number of ether oxygens (including phenoxy) is 1. The van der Waals surface area contributed by atoms with Gasteiger partial charge in [-0.05, 0) is 42.3 Å². The second-order valence-electron chi connectivity index (χ2n) is 6.04. The molecule has 0 aliphatic rings. The smallest absolute Gasteiger partial charge is 0.191 e. The molecule has 27 heavy (non-hydrogen) atoms. The van der Waals surface area contributed by atoms with Crippen LogP contribution in [0.5, 0.6) is 5.75 Å². The number of aliphatic hydroxyl groups is 1. The van der Waals surface area contributed by atoms with Gasteiger partial charge in [0.15, 0.2) is 5.96 Å². The number of thiophene rings is 1. The van der Waals surface area contributed by atoms with Crippen molar-refractivity contribution in [3.8, 4) is 5.75 Å². The van der Waals surface area contributed by atoms with Crippen molar-refractivity contribution in [1.82, 2.24) is 10.6 Å². The fourth-order valence-electron chi connectivity index (χ4n) is 2.36. The van der Waals surface area contributed by atoms with Gasteiger partial charge in [0.25, 0.3) is 0 Å². The van der Waals surface area contributed by atoms with Crippen LogP contribution in [-0.4, -0.2) is 30.8 Å². The van der Waals surface area contributed by atoms with Crippen molar-refractivity contribution in [2.75, 3.05) is 19.7 Å². The molecule has 1 aromatic heterocycles. The molecule has 1 aromatic carbocycles. The first-order valence-corrected chi connectivity index (χ1v) is 9.60. The van der Waals surface area contributed by atoms with E-state index in [9.17, 15) is 5.11 Å². The molecule has 0 saturated heterocycles. The molecular weight excluding hydrogens is 473 g/mol. The van der Waals surface area contributed by atoms with Crippen LogP contribution in [0.2, 0.25) is 0 Å². The van der Waals surface area contributed by atoms with Crippen molar-refractivity contribution in [2.24, 2.45) is 4.99 Å². The van der Waals surface area contributed by atoms with Gasteiger partial charge in [-0.3, -0.25) is 0 Å². The van der Waals surface area contributed by atoms with E-state index in [1.807, 2.05) is 48.0 Å². The largest absolute Gasteiger partial charge is 0.489 e. The van der Waals surface area contributed by atoms with Crippen LogP contribution in [0.25, 0.3) is 0 Å². The minimum atomic E-state index is -0.957. The van der Waals surface area contributed by atoms with E-state index in [0.29, 0.717) is 25.7 Å². The highest BCUT2D eigenvalue weighted by molar-refractivity contribution is 14.0. The quantitative estimate of drug-likeness (QED) is 0.211. The number of hydrogen-bond donors (Lipinski definition) is 3. The summed E-state index contributed by atoms with van der Waals surface area (Å²) in [6, 6.07) is 9.76. The predicted molar refractivity (Wildman–Crippen MR) is 124 cm³/mol. The van der Waals surface area contributed by atoms with Crippen molar-refractivity contribution in [1.29, 1.82) is 0 Å². The Morgan fingerprint density at radius 2 is 2.11 bits per heavy atom. The molecule has 2 rings (SSSR count). The summed E-state index contributed by atoms with van der Waals surface area (Å²) >= 11 is 1.57. The zero-order valence-corrected chi connectivity index (χ0v) is 18.9. The van der Waals surface area contributed by atoms with E-state index in [1.165, 1.54) is 0 Å². The summed E-state index contributed by atoms with van der Waals surface area (Å²) in [7, 11) is 0. The number of hydrogen-bond acceptors (Lipinski definition) is 4. The molecule has 0 radical (unpaired) electrons. The highest BCUT2D eigenvalue weighted by atomic mass is 127. The van der Waals surface area contributed by atoms with Crippen LogP contribution >= 0.6 is 35.3 Å². The first kappa shape index (κ1) is 23.5. The highest BCUT2D eigenvalue weighted by Crippen LogP contribution is 2.22.